The summed E-state index contributed by atoms with van der Waals surface area (Å²) in [6, 6.07) is 0. The molecule has 3 atom stereocenters. The van der Waals surface area contributed by atoms with Crippen LogP contribution >= 0.6 is 15.9 Å². The second-order valence-electron chi connectivity index (χ2n) is 5.30. The molecule has 0 aromatic carbocycles. The third kappa shape index (κ3) is 2.44. The van der Waals surface area contributed by atoms with Crippen molar-refractivity contribution in [1.82, 2.24) is 4.90 Å². The lowest BCUT2D eigenvalue weighted by Crippen LogP contribution is -2.39. The Bertz CT molecular complexity index is 250. The number of amides is 1. The van der Waals surface area contributed by atoms with Crippen molar-refractivity contribution >= 4 is 21.8 Å². The summed E-state index contributed by atoms with van der Waals surface area (Å²) in [5.41, 5.74) is 0. The summed E-state index contributed by atoms with van der Waals surface area (Å²) in [6.45, 7) is 3.95. The van der Waals surface area contributed by atoms with Gasteiger partial charge < -0.3 is 4.90 Å². The summed E-state index contributed by atoms with van der Waals surface area (Å²) in [5, 5.41) is 0.902. The lowest BCUT2D eigenvalue weighted by molar-refractivity contribution is -0.137. The molecule has 2 bridgehead atoms. The molecule has 16 heavy (non-hydrogen) atoms. The molecule has 92 valence electrons. The number of alkyl halides is 1. The Labute approximate surface area is 107 Å². The van der Waals surface area contributed by atoms with E-state index in [1.165, 1.54) is 25.7 Å². The minimum absolute atomic E-state index is 0.365. The fraction of sp³-hybridized carbons (Fsp3) is 0.923. The first-order chi connectivity index (χ1) is 7.76. The van der Waals surface area contributed by atoms with Gasteiger partial charge in [0, 0.05) is 24.3 Å². The molecule has 2 fully saturated rings. The zero-order valence-electron chi connectivity index (χ0n) is 10.1. The number of halogens is 1. The maximum absolute atomic E-state index is 12.4. The summed E-state index contributed by atoms with van der Waals surface area (Å²) < 4.78 is 0. The summed E-state index contributed by atoms with van der Waals surface area (Å²) in [7, 11) is 0. The van der Waals surface area contributed by atoms with Gasteiger partial charge in [0.2, 0.25) is 5.91 Å². The molecule has 1 amide bonds. The van der Waals surface area contributed by atoms with E-state index < -0.39 is 0 Å². The molecule has 2 nitrogen and oxygen atoms in total. The van der Waals surface area contributed by atoms with Gasteiger partial charge in [0.05, 0.1) is 0 Å². The molecule has 0 N–H and O–H groups in total. The molecule has 2 aliphatic rings. The highest BCUT2D eigenvalue weighted by molar-refractivity contribution is 9.09. The molecule has 3 unspecified atom stereocenters. The summed E-state index contributed by atoms with van der Waals surface area (Å²) >= 11 is 3.44. The Morgan fingerprint density at radius 1 is 1.31 bits per heavy atom. The number of carbonyl (C=O) groups excluding carboxylic acids is 1. The van der Waals surface area contributed by atoms with Crippen molar-refractivity contribution in [2.24, 2.45) is 17.8 Å². The molecule has 2 saturated carbocycles. The lowest BCUT2D eigenvalue weighted by atomic mass is 9.87. The van der Waals surface area contributed by atoms with Crippen LogP contribution in [0.5, 0.6) is 0 Å². The van der Waals surface area contributed by atoms with Crippen LogP contribution in [-0.4, -0.2) is 29.2 Å². The van der Waals surface area contributed by atoms with Gasteiger partial charge in [-0.25, -0.2) is 0 Å². The summed E-state index contributed by atoms with van der Waals surface area (Å²) in [4.78, 5) is 14.5. The molecule has 0 heterocycles. The van der Waals surface area contributed by atoms with Crippen molar-refractivity contribution in [2.75, 3.05) is 18.4 Å². The average molecular weight is 288 g/mol. The molecule has 0 aromatic heterocycles. The molecule has 0 spiro atoms. The van der Waals surface area contributed by atoms with E-state index in [2.05, 4.69) is 27.8 Å². The van der Waals surface area contributed by atoms with Gasteiger partial charge in [-0.1, -0.05) is 29.3 Å². The highest BCUT2D eigenvalue weighted by Gasteiger charge is 2.44. The molecule has 0 aliphatic heterocycles. The standard InChI is InChI=1S/C13H22BrNO/c1-2-6-15(7-5-14)13(16)12-9-10-3-4-11(12)8-10/h10-12H,2-9H2,1H3. The third-order valence-corrected chi connectivity index (χ3v) is 4.57. The van der Waals surface area contributed by atoms with Crippen LogP contribution in [0.25, 0.3) is 0 Å². The van der Waals surface area contributed by atoms with Crippen molar-refractivity contribution in [3.05, 3.63) is 0 Å². The first-order valence-corrected chi connectivity index (χ1v) is 7.73. The first-order valence-electron chi connectivity index (χ1n) is 6.61. The number of rotatable bonds is 5. The second-order valence-corrected chi connectivity index (χ2v) is 6.09. The Balaban J connectivity index is 1.94. The van der Waals surface area contributed by atoms with Crippen molar-refractivity contribution in [3.63, 3.8) is 0 Å². The Morgan fingerprint density at radius 2 is 2.12 bits per heavy atom. The highest BCUT2D eigenvalue weighted by atomic mass is 79.9. The zero-order chi connectivity index (χ0) is 11.5. The Hall–Kier alpha value is -0.0500. The van der Waals surface area contributed by atoms with Gasteiger partial charge in [0.1, 0.15) is 0 Å². The average Bonchev–Trinajstić information content (AvgIpc) is 2.89. The smallest absolute Gasteiger partial charge is 0.225 e. The van der Waals surface area contributed by atoms with Crippen molar-refractivity contribution < 1.29 is 4.79 Å². The van der Waals surface area contributed by atoms with Crippen LogP contribution < -0.4 is 0 Å². The van der Waals surface area contributed by atoms with Crippen molar-refractivity contribution in [1.29, 1.82) is 0 Å². The molecular weight excluding hydrogens is 266 g/mol. The summed E-state index contributed by atoms with van der Waals surface area (Å²) in [6.07, 6.45) is 6.24. The molecule has 0 radical (unpaired) electrons. The van der Waals surface area contributed by atoms with Crippen LogP contribution in [0.2, 0.25) is 0 Å². The molecule has 2 aliphatic carbocycles. The van der Waals surface area contributed by atoms with Crippen LogP contribution in [-0.2, 0) is 4.79 Å². The summed E-state index contributed by atoms with van der Waals surface area (Å²) in [5.74, 6) is 2.39. The van der Waals surface area contributed by atoms with Crippen molar-refractivity contribution in [2.45, 2.75) is 39.0 Å². The minimum Gasteiger partial charge on any atom is -0.342 e. The second kappa shape index (κ2) is 5.52. The van der Waals surface area contributed by atoms with E-state index in [1.54, 1.807) is 0 Å². The molecule has 3 heteroatoms. The van der Waals surface area contributed by atoms with Gasteiger partial charge >= 0.3 is 0 Å². The predicted octanol–water partition coefficient (Wildman–Crippen LogP) is 3.06. The van der Waals surface area contributed by atoms with E-state index in [0.717, 1.165) is 30.8 Å². The SMILES string of the molecule is CCCN(CCBr)C(=O)C1CC2CCC1C2. The fourth-order valence-electron chi connectivity index (χ4n) is 3.49. The van der Waals surface area contributed by atoms with Gasteiger partial charge in [-0.2, -0.15) is 0 Å². The van der Waals surface area contributed by atoms with E-state index in [-0.39, 0.29) is 0 Å². The van der Waals surface area contributed by atoms with Gasteiger partial charge in [-0.15, -0.1) is 0 Å². The van der Waals surface area contributed by atoms with Crippen LogP contribution in [0.3, 0.4) is 0 Å². The van der Waals surface area contributed by atoms with Gasteiger partial charge in [0.25, 0.3) is 0 Å². The number of hydrogen-bond acceptors (Lipinski definition) is 1. The maximum Gasteiger partial charge on any atom is 0.225 e. The van der Waals surface area contributed by atoms with Gasteiger partial charge in [-0.3, -0.25) is 4.79 Å². The largest absolute Gasteiger partial charge is 0.342 e. The van der Waals surface area contributed by atoms with E-state index in [9.17, 15) is 4.79 Å². The topological polar surface area (TPSA) is 20.3 Å². The van der Waals surface area contributed by atoms with E-state index in [0.29, 0.717) is 17.7 Å². The molecular formula is C13H22BrNO. The van der Waals surface area contributed by atoms with E-state index in [1.807, 2.05) is 0 Å². The third-order valence-electron chi connectivity index (χ3n) is 4.21. The number of fused-ring (bicyclic) bond motifs is 2. The normalized spacial score (nSPS) is 32.0. The monoisotopic (exact) mass is 287 g/mol. The lowest BCUT2D eigenvalue weighted by Gasteiger charge is -2.28. The first kappa shape index (κ1) is 12.4. The Morgan fingerprint density at radius 3 is 2.62 bits per heavy atom. The van der Waals surface area contributed by atoms with Crippen LogP contribution in [0, 0.1) is 17.8 Å². The van der Waals surface area contributed by atoms with Crippen LogP contribution in [0.15, 0.2) is 0 Å². The maximum atomic E-state index is 12.4. The molecule has 0 saturated heterocycles. The molecule has 0 aromatic rings. The fourth-order valence-corrected chi connectivity index (χ4v) is 3.91. The number of nitrogens with zero attached hydrogens (tertiary/aromatic N) is 1. The Kier molecular flexibility index (Phi) is 4.28. The zero-order valence-corrected chi connectivity index (χ0v) is 11.7. The molecule has 2 rings (SSSR count). The highest BCUT2D eigenvalue weighted by Crippen LogP contribution is 2.48. The minimum atomic E-state index is 0.365. The van der Waals surface area contributed by atoms with Crippen LogP contribution in [0.1, 0.15) is 39.0 Å². The van der Waals surface area contributed by atoms with Crippen LogP contribution in [0.4, 0.5) is 0 Å². The predicted molar refractivity (Wildman–Crippen MR) is 69.6 cm³/mol. The van der Waals surface area contributed by atoms with E-state index in [4.69, 9.17) is 0 Å². The van der Waals surface area contributed by atoms with Gasteiger partial charge in [-0.05, 0) is 37.5 Å². The van der Waals surface area contributed by atoms with E-state index >= 15 is 0 Å². The van der Waals surface area contributed by atoms with Gasteiger partial charge in [0.15, 0.2) is 0 Å². The number of hydrogen-bond donors (Lipinski definition) is 0. The quantitative estimate of drug-likeness (QED) is 0.712. The van der Waals surface area contributed by atoms with Crippen molar-refractivity contribution in [3.8, 4) is 0 Å². The number of carbonyl (C=O) groups is 1.